The Labute approximate surface area is 144 Å². The number of hydrogen-bond acceptors (Lipinski definition) is 4. The maximum absolute atomic E-state index is 12.5. The molecule has 0 unspecified atom stereocenters. The van der Waals surface area contributed by atoms with E-state index in [1.807, 2.05) is 25.1 Å². The fourth-order valence-corrected chi connectivity index (χ4v) is 2.78. The van der Waals surface area contributed by atoms with Crippen molar-refractivity contribution < 1.29 is 9.53 Å². The summed E-state index contributed by atoms with van der Waals surface area (Å²) in [6.07, 6.45) is 0.637. The molecular formula is C19H19N3O3. The number of H-pyrrole nitrogens is 1. The van der Waals surface area contributed by atoms with Gasteiger partial charge >= 0.3 is 0 Å². The summed E-state index contributed by atoms with van der Waals surface area (Å²) in [4.78, 5) is 24.2. The number of ether oxygens (including phenoxy) is 1. The third-order valence-electron chi connectivity index (χ3n) is 4.03. The monoisotopic (exact) mass is 337 g/mol. The van der Waals surface area contributed by atoms with Crippen LogP contribution in [-0.4, -0.2) is 29.8 Å². The van der Waals surface area contributed by atoms with Crippen LogP contribution in [0.5, 0.6) is 5.75 Å². The van der Waals surface area contributed by atoms with Gasteiger partial charge in [-0.3, -0.25) is 9.59 Å². The van der Waals surface area contributed by atoms with Crippen LogP contribution in [0, 0.1) is 6.92 Å². The van der Waals surface area contributed by atoms with Crippen LogP contribution in [0.3, 0.4) is 0 Å². The third kappa shape index (κ3) is 3.52. The highest BCUT2D eigenvalue weighted by Gasteiger charge is 2.13. The molecule has 0 saturated carbocycles. The van der Waals surface area contributed by atoms with Gasteiger partial charge in [0.05, 0.1) is 12.5 Å². The van der Waals surface area contributed by atoms with E-state index >= 15 is 0 Å². The van der Waals surface area contributed by atoms with Crippen molar-refractivity contribution in [3.05, 3.63) is 69.6 Å². The van der Waals surface area contributed by atoms with Gasteiger partial charge in [-0.25, -0.2) is 5.10 Å². The third-order valence-corrected chi connectivity index (χ3v) is 4.03. The average Bonchev–Trinajstić information content (AvgIpc) is 2.62. The molecule has 0 atom stereocenters. The molecule has 1 amide bonds. The van der Waals surface area contributed by atoms with E-state index in [4.69, 9.17) is 4.74 Å². The number of nitrogens with one attached hydrogen (secondary N) is 2. The number of benzene rings is 2. The van der Waals surface area contributed by atoms with Gasteiger partial charge in [-0.15, -0.1) is 0 Å². The predicted octanol–water partition coefficient (Wildman–Crippen LogP) is 2.21. The number of aryl methyl sites for hydroxylation is 1. The van der Waals surface area contributed by atoms with Crippen molar-refractivity contribution in [2.75, 3.05) is 13.7 Å². The lowest BCUT2D eigenvalue weighted by Crippen LogP contribution is -2.28. The van der Waals surface area contributed by atoms with Crippen LogP contribution in [0.15, 0.2) is 47.3 Å². The van der Waals surface area contributed by atoms with Crippen molar-refractivity contribution in [2.24, 2.45) is 0 Å². The maximum Gasteiger partial charge on any atom is 0.272 e. The van der Waals surface area contributed by atoms with E-state index in [1.54, 1.807) is 31.4 Å². The lowest BCUT2D eigenvalue weighted by molar-refractivity contribution is 0.0950. The van der Waals surface area contributed by atoms with Crippen molar-refractivity contribution in [3.8, 4) is 5.75 Å². The Morgan fingerprint density at radius 3 is 2.72 bits per heavy atom. The topological polar surface area (TPSA) is 84.1 Å². The van der Waals surface area contributed by atoms with Crippen LogP contribution in [0.4, 0.5) is 0 Å². The average molecular weight is 337 g/mol. The molecule has 0 saturated heterocycles. The van der Waals surface area contributed by atoms with Gasteiger partial charge < -0.3 is 10.1 Å². The summed E-state index contributed by atoms with van der Waals surface area (Å²) in [5.41, 5.74) is 2.07. The van der Waals surface area contributed by atoms with Gasteiger partial charge in [0.2, 0.25) is 0 Å². The van der Waals surface area contributed by atoms with Crippen LogP contribution in [-0.2, 0) is 6.42 Å². The van der Waals surface area contributed by atoms with Crippen LogP contribution >= 0.6 is 0 Å². The number of nitrogens with zero attached hydrogens (tertiary/aromatic N) is 1. The van der Waals surface area contributed by atoms with E-state index in [9.17, 15) is 9.59 Å². The van der Waals surface area contributed by atoms with E-state index in [1.165, 1.54) is 0 Å². The van der Waals surface area contributed by atoms with Crippen LogP contribution in [0.2, 0.25) is 0 Å². The molecule has 1 heterocycles. The molecule has 0 aliphatic carbocycles. The summed E-state index contributed by atoms with van der Waals surface area (Å²) >= 11 is 0. The number of aromatic nitrogens is 2. The smallest absolute Gasteiger partial charge is 0.272 e. The number of aromatic amines is 1. The minimum absolute atomic E-state index is 0.214. The molecule has 1 aromatic heterocycles. The van der Waals surface area contributed by atoms with Crippen molar-refractivity contribution in [2.45, 2.75) is 13.3 Å². The number of amides is 1. The highest BCUT2D eigenvalue weighted by atomic mass is 16.5. The number of rotatable bonds is 5. The Hall–Kier alpha value is -3.15. The molecule has 2 aromatic carbocycles. The molecule has 25 heavy (non-hydrogen) atoms. The van der Waals surface area contributed by atoms with Crippen molar-refractivity contribution in [1.29, 1.82) is 0 Å². The van der Waals surface area contributed by atoms with Crippen molar-refractivity contribution in [1.82, 2.24) is 15.5 Å². The Morgan fingerprint density at radius 2 is 1.96 bits per heavy atom. The molecule has 0 spiro atoms. The largest absolute Gasteiger partial charge is 0.496 e. The Bertz CT molecular complexity index is 979. The number of hydrogen-bond donors (Lipinski definition) is 2. The molecule has 6 nitrogen and oxygen atoms in total. The zero-order valence-corrected chi connectivity index (χ0v) is 14.1. The standard InChI is InChI=1S/C19H19N3O3/c1-12-7-8-16(25-2)13(11-12)9-10-20-19(24)17-14-5-3-4-6-15(14)18(23)22-21-17/h3-8,11H,9-10H2,1-2H3,(H,20,24)(H,22,23). The summed E-state index contributed by atoms with van der Waals surface area (Å²) in [5, 5.41) is 10.1. The molecular weight excluding hydrogens is 318 g/mol. The minimum Gasteiger partial charge on any atom is -0.496 e. The van der Waals surface area contributed by atoms with Gasteiger partial charge in [-0.1, -0.05) is 35.9 Å². The highest BCUT2D eigenvalue weighted by molar-refractivity contribution is 6.04. The Balaban J connectivity index is 1.75. The van der Waals surface area contributed by atoms with Crippen molar-refractivity contribution >= 4 is 16.7 Å². The zero-order valence-electron chi connectivity index (χ0n) is 14.1. The van der Waals surface area contributed by atoms with E-state index in [0.29, 0.717) is 23.7 Å². The molecule has 0 aliphatic rings. The van der Waals surface area contributed by atoms with Gasteiger partial charge in [0, 0.05) is 11.9 Å². The molecule has 3 rings (SSSR count). The second-order valence-corrected chi connectivity index (χ2v) is 5.77. The zero-order chi connectivity index (χ0) is 17.8. The first-order valence-electron chi connectivity index (χ1n) is 7.99. The molecule has 2 N–H and O–H groups in total. The summed E-state index contributed by atoms with van der Waals surface area (Å²) in [6, 6.07) is 12.9. The first-order chi connectivity index (χ1) is 12.1. The minimum atomic E-state index is -0.320. The van der Waals surface area contributed by atoms with Crippen LogP contribution in [0.1, 0.15) is 21.6 Å². The Morgan fingerprint density at radius 1 is 1.20 bits per heavy atom. The fourth-order valence-electron chi connectivity index (χ4n) is 2.78. The molecule has 0 aliphatic heterocycles. The van der Waals surface area contributed by atoms with Gasteiger partial charge in [-0.2, -0.15) is 5.10 Å². The maximum atomic E-state index is 12.5. The first-order valence-corrected chi connectivity index (χ1v) is 7.99. The lowest BCUT2D eigenvalue weighted by atomic mass is 10.1. The fraction of sp³-hybridized carbons (Fsp3) is 0.211. The summed E-state index contributed by atoms with van der Waals surface area (Å²) in [6.45, 7) is 2.45. The highest BCUT2D eigenvalue weighted by Crippen LogP contribution is 2.20. The summed E-state index contributed by atoms with van der Waals surface area (Å²) < 4.78 is 5.35. The predicted molar refractivity (Wildman–Crippen MR) is 96.1 cm³/mol. The van der Waals surface area contributed by atoms with Gasteiger partial charge in [0.15, 0.2) is 5.69 Å². The first kappa shape index (κ1) is 16.7. The number of carbonyl (C=O) groups excluding carboxylic acids is 1. The second-order valence-electron chi connectivity index (χ2n) is 5.77. The molecule has 6 heteroatoms. The lowest BCUT2D eigenvalue weighted by Gasteiger charge is -2.10. The van der Waals surface area contributed by atoms with E-state index in [-0.39, 0.29) is 17.2 Å². The van der Waals surface area contributed by atoms with Crippen LogP contribution in [0.25, 0.3) is 10.8 Å². The number of methoxy groups -OCH3 is 1. The van der Waals surface area contributed by atoms with Gasteiger partial charge in [-0.05, 0) is 31.0 Å². The Kier molecular flexibility index (Phi) is 4.79. The number of carbonyl (C=O) groups is 1. The molecule has 3 aromatic rings. The SMILES string of the molecule is COc1ccc(C)cc1CCNC(=O)c1n[nH]c(=O)c2ccccc12. The summed E-state index contributed by atoms with van der Waals surface area (Å²) in [7, 11) is 1.63. The summed E-state index contributed by atoms with van der Waals surface area (Å²) in [5.74, 6) is 0.478. The van der Waals surface area contributed by atoms with Crippen molar-refractivity contribution in [3.63, 3.8) is 0 Å². The van der Waals surface area contributed by atoms with Gasteiger partial charge in [0.25, 0.3) is 11.5 Å². The van der Waals surface area contributed by atoms with Gasteiger partial charge in [0.1, 0.15) is 5.75 Å². The molecule has 0 bridgehead atoms. The normalized spacial score (nSPS) is 10.6. The van der Waals surface area contributed by atoms with E-state index < -0.39 is 0 Å². The molecule has 128 valence electrons. The number of fused-ring (bicyclic) bond motifs is 1. The molecule has 0 radical (unpaired) electrons. The van der Waals surface area contributed by atoms with Crippen LogP contribution < -0.4 is 15.6 Å². The van der Waals surface area contributed by atoms with E-state index in [2.05, 4.69) is 15.5 Å². The second kappa shape index (κ2) is 7.17. The quantitative estimate of drug-likeness (QED) is 0.748. The van der Waals surface area contributed by atoms with E-state index in [0.717, 1.165) is 16.9 Å². The molecule has 0 fully saturated rings.